The molecule has 4 nitrogen and oxygen atoms in total. The lowest BCUT2D eigenvalue weighted by molar-refractivity contribution is 0.315. The minimum atomic E-state index is 0.231. The highest BCUT2D eigenvalue weighted by atomic mass is 16.4. The molecule has 4 heteroatoms. The van der Waals surface area contributed by atoms with Crippen molar-refractivity contribution in [2.24, 2.45) is 16.8 Å². The number of nitrogens with two attached hydrogens (primary N) is 1. The van der Waals surface area contributed by atoms with Gasteiger partial charge in [0, 0.05) is 6.04 Å². The van der Waals surface area contributed by atoms with Gasteiger partial charge in [-0.1, -0.05) is 25.9 Å². The van der Waals surface area contributed by atoms with E-state index in [1.54, 1.807) is 0 Å². The zero-order valence-electron chi connectivity index (χ0n) is 8.04. The first-order valence-electron chi connectivity index (χ1n) is 4.31. The van der Waals surface area contributed by atoms with Crippen LogP contribution in [0.5, 0.6) is 0 Å². The van der Waals surface area contributed by atoms with Gasteiger partial charge in [-0.25, -0.2) is 0 Å². The first-order valence-corrected chi connectivity index (χ1v) is 4.31. The summed E-state index contributed by atoms with van der Waals surface area (Å²) in [5.74, 6) is 0.801. The minimum Gasteiger partial charge on any atom is -0.409 e. The molecule has 0 spiro atoms. The molecule has 0 amide bonds. The van der Waals surface area contributed by atoms with Crippen LogP contribution < -0.4 is 11.1 Å². The molecule has 12 heavy (non-hydrogen) atoms. The summed E-state index contributed by atoms with van der Waals surface area (Å²) in [6.45, 7) is 6.86. The Morgan fingerprint density at radius 3 is 2.50 bits per heavy atom. The molecule has 0 saturated carbocycles. The Hall–Kier alpha value is -0.770. The van der Waals surface area contributed by atoms with Crippen LogP contribution in [0.2, 0.25) is 0 Å². The quantitative estimate of drug-likeness (QED) is 0.249. The van der Waals surface area contributed by atoms with Crippen LogP contribution >= 0.6 is 0 Å². The van der Waals surface area contributed by atoms with E-state index in [-0.39, 0.29) is 5.84 Å². The molecule has 0 aliphatic rings. The molecule has 0 fully saturated rings. The smallest absolute Gasteiger partial charge is 0.153 e. The van der Waals surface area contributed by atoms with Crippen LogP contribution in [0.25, 0.3) is 0 Å². The van der Waals surface area contributed by atoms with Crippen molar-refractivity contribution in [1.29, 1.82) is 0 Å². The van der Waals surface area contributed by atoms with Crippen LogP contribution in [-0.4, -0.2) is 23.6 Å². The van der Waals surface area contributed by atoms with Crippen LogP contribution in [0.3, 0.4) is 0 Å². The predicted octanol–water partition coefficient (Wildman–Crippen LogP) is 0.757. The molecule has 0 aliphatic heterocycles. The van der Waals surface area contributed by atoms with E-state index in [1.165, 1.54) is 0 Å². The Labute approximate surface area is 73.8 Å². The molecule has 0 aromatic rings. The number of nitrogens with zero attached hydrogens (tertiary/aromatic N) is 1. The van der Waals surface area contributed by atoms with Gasteiger partial charge >= 0.3 is 0 Å². The number of hydrogen-bond donors (Lipinski definition) is 3. The monoisotopic (exact) mass is 173 g/mol. The maximum atomic E-state index is 8.28. The second-order valence-corrected chi connectivity index (χ2v) is 3.23. The second kappa shape index (κ2) is 5.83. The summed E-state index contributed by atoms with van der Waals surface area (Å²) < 4.78 is 0. The Bertz CT molecular complexity index is 145. The van der Waals surface area contributed by atoms with Gasteiger partial charge in [0.15, 0.2) is 5.84 Å². The Balaban J connectivity index is 3.73. The SMILES string of the molecule is CCC(NCC(N)=NO)C(C)C. The highest BCUT2D eigenvalue weighted by Gasteiger charge is 2.09. The van der Waals surface area contributed by atoms with Crippen molar-refractivity contribution in [2.45, 2.75) is 33.2 Å². The van der Waals surface area contributed by atoms with Gasteiger partial charge in [0.1, 0.15) is 0 Å². The van der Waals surface area contributed by atoms with Crippen molar-refractivity contribution in [1.82, 2.24) is 5.32 Å². The molecule has 0 radical (unpaired) electrons. The average molecular weight is 173 g/mol. The Morgan fingerprint density at radius 2 is 2.17 bits per heavy atom. The van der Waals surface area contributed by atoms with Crippen molar-refractivity contribution in [2.75, 3.05) is 6.54 Å². The largest absolute Gasteiger partial charge is 0.409 e. The summed E-state index contributed by atoms with van der Waals surface area (Å²) in [7, 11) is 0. The Kier molecular flexibility index (Phi) is 5.45. The fraction of sp³-hybridized carbons (Fsp3) is 0.875. The van der Waals surface area contributed by atoms with Gasteiger partial charge in [0.25, 0.3) is 0 Å². The van der Waals surface area contributed by atoms with Crippen LogP contribution in [0, 0.1) is 5.92 Å². The fourth-order valence-corrected chi connectivity index (χ4v) is 1.12. The summed E-state index contributed by atoms with van der Waals surface area (Å²) >= 11 is 0. The molecule has 0 rings (SSSR count). The molecule has 0 aromatic carbocycles. The molecular formula is C8H19N3O. The van der Waals surface area contributed by atoms with Crippen molar-refractivity contribution < 1.29 is 5.21 Å². The lowest BCUT2D eigenvalue weighted by Crippen LogP contribution is -2.39. The van der Waals surface area contributed by atoms with Gasteiger partial charge in [0.05, 0.1) is 6.54 Å². The molecule has 1 atom stereocenters. The predicted molar refractivity (Wildman–Crippen MR) is 50.3 cm³/mol. The van der Waals surface area contributed by atoms with Crippen LogP contribution in [-0.2, 0) is 0 Å². The highest BCUT2D eigenvalue weighted by molar-refractivity contribution is 5.81. The summed E-state index contributed by atoms with van der Waals surface area (Å²) in [5.41, 5.74) is 5.31. The third-order valence-corrected chi connectivity index (χ3v) is 1.92. The summed E-state index contributed by atoms with van der Waals surface area (Å²) in [4.78, 5) is 0. The Morgan fingerprint density at radius 1 is 1.58 bits per heavy atom. The van der Waals surface area contributed by atoms with Crippen LogP contribution in [0.15, 0.2) is 5.16 Å². The molecule has 0 heterocycles. The summed E-state index contributed by atoms with van der Waals surface area (Å²) in [5, 5.41) is 14.4. The lowest BCUT2D eigenvalue weighted by Gasteiger charge is -2.19. The molecule has 0 aliphatic carbocycles. The van der Waals surface area contributed by atoms with Gasteiger partial charge in [0.2, 0.25) is 0 Å². The van der Waals surface area contributed by atoms with Crippen molar-refractivity contribution >= 4 is 5.84 Å². The lowest BCUT2D eigenvalue weighted by atomic mass is 10.0. The first-order chi connectivity index (χ1) is 5.61. The number of oxime groups is 1. The maximum absolute atomic E-state index is 8.28. The number of amidine groups is 1. The standard InChI is InChI=1S/C8H19N3O/c1-4-7(6(2)3)10-5-8(9)11-12/h6-7,10,12H,4-5H2,1-3H3,(H2,9,11). The van der Waals surface area contributed by atoms with E-state index >= 15 is 0 Å². The zero-order valence-corrected chi connectivity index (χ0v) is 8.04. The fourth-order valence-electron chi connectivity index (χ4n) is 1.12. The number of hydrogen-bond acceptors (Lipinski definition) is 3. The molecular weight excluding hydrogens is 154 g/mol. The molecule has 72 valence electrons. The van der Waals surface area contributed by atoms with Crippen LogP contribution in [0.4, 0.5) is 0 Å². The zero-order chi connectivity index (χ0) is 9.56. The molecule has 0 aromatic heterocycles. The van der Waals surface area contributed by atoms with E-state index in [2.05, 4.69) is 31.2 Å². The van der Waals surface area contributed by atoms with Gasteiger partial charge in [-0.2, -0.15) is 0 Å². The molecule has 1 unspecified atom stereocenters. The van der Waals surface area contributed by atoms with E-state index in [1.807, 2.05) is 0 Å². The maximum Gasteiger partial charge on any atom is 0.153 e. The van der Waals surface area contributed by atoms with Gasteiger partial charge < -0.3 is 16.3 Å². The van der Waals surface area contributed by atoms with Gasteiger partial charge in [-0.05, 0) is 12.3 Å². The van der Waals surface area contributed by atoms with Gasteiger partial charge in [-0.15, -0.1) is 0 Å². The van der Waals surface area contributed by atoms with E-state index in [4.69, 9.17) is 10.9 Å². The normalized spacial score (nSPS) is 15.2. The van der Waals surface area contributed by atoms with Crippen molar-refractivity contribution in [3.63, 3.8) is 0 Å². The highest BCUT2D eigenvalue weighted by Crippen LogP contribution is 2.04. The number of nitrogens with one attached hydrogen (secondary N) is 1. The van der Waals surface area contributed by atoms with E-state index in [9.17, 15) is 0 Å². The van der Waals surface area contributed by atoms with E-state index in [0.717, 1.165) is 6.42 Å². The van der Waals surface area contributed by atoms with E-state index < -0.39 is 0 Å². The van der Waals surface area contributed by atoms with Crippen molar-refractivity contribution in [3.05, 3.63) is 0 Å². The third-order valence-electron chi connectivity index (χ3n) is 1.92. The van der Waals surface area contributed by atoms with Gasteiger partial charge in [-0.3, -0.25) is 0 Å². The summed E-state index contributed by atoms with van der Waals surface area (Å²) in [6, 6.07) is 0.435. The number of rotatable bonds is 5. The molecule has 0 bridgehead atoms. The molecule has 0 saturated heterocycles. The van der Waals surface area contributed by atoms with Crippen LogP contribution in [0.1, 0.15) is 27.2 Å². The minimum absolute atomic E-state index is 0.231. The molecule has 4 N–H and O–H groups in total. The third kappa shape index (κ3) is 4.18. The van der Waals surface area contributed by atoms with E-state index in [0.29, 0.717) is 18.5 Å². The second-order valence-electron chi connectivity index (χ2n) is 3.23. The topological polar surface area (TPSA) is 70.6 Å². The average Bonchev–Trinajstić information content (AvgIpc) is 2.04. The summed E-state index contributed by atoms with van der Waals surface area (Å²) in [6.07, 6.45) is 1.05. The van der Waals surface area contributed by atoms with Crippen molar-refractivity contribution in [3.8, 4) is 0 Å². The first kappa shape index (κ1) is 11.2.